The first-order valence-electron chi connectivity index (χ1n) is 13.5. The van der Waals surface area contributed by atoms with Crippen LogP contribution in [0.15, 0.2) is 24.3 Å². The second kappa shape index (κ2) is 5.92. The van der Waals surface area contributed by atoms with Gasteiger partial charge in [-0.15, -0.1) is 0 Å². The largest absolute Gasteiger partial charge is 0.508 e. The smallest absolute Gasteiger partial charge is 0.165 e. The van der Waals surface area contributed by atoms with Crippen LogP contribution in [0.5, 0.6) is 17.2 Å². The third-order valence-electron chi connectivity index (χ3n) is 11.0. The van der Waals surface area contributed by atoms with Crippen LogP contribution < -0.4 is 9.64 Å². The number of hydrogen-bond acceptors (Lipinski definition) is 6. The summed E-state index contributed by atoms with van der Waals surface area (Å²) in [6.07, 6.45) is 5.93. The van der Waals surface area contributed by atoms with E-state index in [4.69, 9.17) is 4.74 Å². The topological polar surface area (TPSA) is 76.2 Å². The lowest BCUT2D eigenvalue weighted by atomic mass is 9.54. The van der Waals surface area contributed by atoms with Crippen LogP contribution in [0.2, 0.25) is 0 Å². The Hall–Kier alpha value is -2.44. The molecule has 0 radical (unpaired) electrons. The van der Waals surface area contributed by atoms with Gasteiger partial charge < -0.3 is 25.0 Å². The number of nitrogens with zero attached hydrogens (tertiary/aromatic N) is 2. The van der Waals surface area contributed by atoms with E-state index in [1.54, 1.807) is 6.07 Å². The Kier molecular flexibility index (Phi) is 3.33. The number of rotatable bonds is 2. The first kappa shape index (κ1) is 19.7. The van der Waals surface area contributed by atoms with Crippen molar-refractivity contribution >= 4 is 5.69 Å². The first-order chi connectivity index (χ1) is 16.9. The van der Waals surface area contributed by atoms with Gasteiger partial charge in [-0.3, -0.25) is 4.90 Å². The van der Waals surface area contributed by atoms with Gasteiger partial charge in [-0.05, 0) is 74.6 Å². The van der Waals surface area contributed by atoms with E-state index < -0.39 is 11.0 Å². The zero-order valence-corrected chi connectivity index (χ0v) is 20.1. The molecule has 3 N–H and O–H groups in total. The summed E-state index contributed by atoms with van der Waals surface area (Å²) in [5.74, 6) is 2.14. The van der Waals surface area contributed by atoms with Gasteiger partial charge in [-0.1, -0.05) is 12.1 Å². The molecule has 8 atom stereocenters. The highest BCUT2D eigenvalue weighted by molar-refractivity contribution is 5.74. The van der Waals surface area contributed by atoms with Gasteiger partial charge in [-0.2, -0.15) is 0 Å². The molecule has 6 nitrogen and oxygen atoms in total. The lowest BCUT2D eigenvalue weighted by Crippen LogP contribution is -2.69. The molecule has 4 unspecified atom stereocenters. The van der Waals surface area contributed by atoms with Crippen molar-refractivity contribution in [1.29, 1.82) is 0 Å². The van der Waals surface area contributed by atoms with E-state index in [0.29, 0.717) is 24.0 Å². The fourth-order valence-corrected chi connectivity index (χ4v) is 9.54. The van der Waals surface area contributed by atoms with Crippen LogP contribution >= 0.6 is 0 Å². The highest BCUT2D eigenvalue weighted by Gasteiger charge is 2.83. The van der Waals surface area contributed by atoms with Gasteiger partial charge in [0, 0.05) is 41.9 Å². The van der Waals surface area contributed by atoms with Crippen molar-refractivity contribution in [2.45, 2.75) is 86.6 Å². The quantitative estimate of drug-likeness (QED) is 0.583. The first-order valence-corrected chi connectivity index (χ1v) is 13.5. The zero-order valence-electron chi connectivity index (χ0n) is 20.1. The number of aliphatic hydroxyl groups is 1. The maximum absolute atomic E-state index is 12.9. The van der Waals surface area contributed by atoms with Crippen molar-refractivity contribution < 1.29 is 20.1 Å². The summed E-state index contributed by atoms with van der Waals surface area (Å²) in [6.45, 7) is 4.17. The average molecular weight is 473 g/mol. The third kappa shape index (κ3) is 2.07. The van der Waals surface area contributed by atoms with Crippen LogP contribution in [0.1, 0.15) is 60.3 Å². The molecule has 1 saturated heterocycles. The fourth-order valence-electron chi connectivity index (χ4n) is 9.54. The molecule has 2 aromatic carbocycles. The van der Waals surface area contributed by atoms with Crippen LogP contribution in [-0.2, 0) is 11.8 Å². The molecule has 0 aromatic heterocycles. The van der Waals surface area contributed by atoms with Crippen molar-refractivity contribution in [1.82, 2.24) is 4.90 Å². The number of fused-ring (bicyclic) bond motifs is 7. The van der Waals surface area contributed by atoms with E-state index in [-0.39, 0.29) is 29.9 Å². The Balaban J connectivity index is 1.26. The fraction of sp³-hybridized carbons (Fsp3) is 0.586. The summed E-state index contributed by atoms with van der Waals surface area (Å²) in [7, 11) is 0. The summed E-state index contributed by atoms with van der Waals surface area (Å²) in [6, 6.07) is 8.37. The molecule has 4 heterocycles. The molecular formula is C29H32N2O4. The third-order valence-corrected chi connectivity index (χ3v) is 11.0. The van der Waals surface area contributed by atoms with E-state index >= 15 is 0 Å². The molecule has 0 bridgehead atoms. The van der Waals surface area contributed by atoms with Crippen LogP contribution in [0.4, 0.5) is 5.69 Å². The van der Waals surface area contributed by atoms with Gasteiger partial charge in [0.1, 0.15) is 11.9 Å². The summed E-state index contributed by atoms with van der Waals surface area (Å²) in [5.41, 5.74) is 4.27. The maximum atomic E-state index is 12.9. The number of likely N-dealkylation sites (tertiary alicyclic amines) is 1. The Morgan fingerprint density at radius 1 is 1.09 bits per heavy atom. The number of aryl methyl sites for hydroxylation is 1. The molecule has 6 heteroatoms. The van der Waals surface area contributed by atoms with E-state index in [9.17, 15) is 15.3 Å². The number of ether oxygens (including phenoxy) is 1. The Bertz CT molecular complexity index is 1320. The molecule has 1 spiro atoms. The molecule has 7 aliphatic rings. The SMILES string of the molecule is Cc1ccc(O)c2c1[C@]13C[C@@H]4C(N4CC4CC4)[C@]1(O)CC1c4ccc(O)c5c4N(CCC5)C1[C@@H]3O2. The Morgan fingerprint density at radius 2 is 1.91 bits per heavy atom. The summed E-state index contributed by atoms with van der Waals surface area (Å²) in [5, 5.41) is 34.6. The number of hydrogen-bond donors (Lipinski definition) is 3. The molecular weight excluding hydrogens is 440 g/mol. The number of aromatic hydroxyl groups is 2. The molecule has 9 rings (SSSR count). The standard InChI is InChI=1S/C29H32N2O4/c1-14-4-8-21(33)25-22(14)28-12-19-26(31(19)13-15-5-6-15)29(28,34)11-18-16-7-9-20(32)17-3-2-10-30(23(16)17)24(18)27(28)35-25/h4,7-9,15,18-19,24,26-27,32-34H,2-3,5-6,10-13H2,1H3/t18?,19-,24?,26?,27+,28+,29-,31?/m1/s1. The second-order valence-electron chi connectivity index (χ2n) is 12.5. The monoisotopic (exact) mass is 472 g/mol. The van der Waals surface area contributed by atoms with Crippen molar-refractivity contribution in [2.75, 3.05) is 18.0 Å². The van der Waals surface area contributed by atoms with E-state index in [0.717, 1.165) is 55.0 Å². The minimum Gasteiger partial charge on any atom is -0.508 e. The number of phenols is 2. The van der Waals surface area contributed by atoms with Crippen molar-refractivity contribution in [3.05, 3.63) is 46.5 Å². The van der Waals surface area contributed by atoms with Crippen molar-refractivity contribution in [3.63, 3.8) is 0 Å². The minimum absolute atomic E-state index is 0.103. The van der Waals surface area contributed by atoms with Crippen LogP contribution in [-0.4, -0.2) is 63.1 Å². The van der Waals surface area contributed by atoms with Gasteiger partial charge in [0.15, 0.2) is 11.5 Å². The minimum atomic E-state index is -0.901. The van der Waals surface area contributed by atoms with E-state index in [2.05, 4.69) is 22.8 Å². The number of piperidine rings is 1. The van der Waals surface area contributed by atoms with E-state index in [1.165, 1.54) is 24.1 Å². The molecule has 3 saturated carbocycles. The Labute approximate surface area is 205 Å². The predicted molar refractivity (Wildman–Crippen MR) is 130 cm³/mol. The van der Waals surface area contributed by atoms with Crippen LogP contribution in [0.25, 0.3) is 0 Å². The lowest BCUT2D eigenvalue weighted by molar-refractivity contribution is -0.116. The molecule has 3 aliphatic carbocycles. The molecule has 182 valence electrons. The highest BCUT2D eigenvalue weighted by atomic mass is 16.5. The van der Waals surface area contributed by atoms with E-state index in [1.807, 2.05) is 12.1 Å². The normalized spacial score (nSPS) is 43.0. The van der Waals surface area contributed by atoms with Crippen LogP contribution in [0, 0.1) is 12.8 Å². The van der Waals surface area contributed by atoms with Crippen molar-refractivity contribution in [2.24, 2.45) is 5.92 Å². The van der Waals surface area contributed by atoms with Crippen LogP contribution in [0.3, 0.4) is 0 Å². The van der Waals surface area contributed by atoms with Crippen molar-refractivity contribution in [3.8, 4) is 17.2 Å². The van der Waals surface area contributed by atoms with Gasteiger partial charge in [0.25, 0.3) is 0 Å². The summed E-state index contributed by atoms with van der Waals surface area (Å²) >= 11 is 0. The van der Waals surface area contributed by atoms with Gasteiger partial charge in [0.2, 0.25) is 0 Å². The molecule has 4 fully saturated rings. The van der Waals surface area contributed by atoms with Gasteiger partial charge in [-0.25, -0.2) is 0 Å². The highest BCUT2D eigenvalue weighted by Crippen LogP contribution is 2.73. The van der Waals surface area contributed by atoms with Gasteiger partial charge >= 0.3 is 0 Å². The molecule has 4 aliphatic heterocycles. The second-order valence-corrected chi connectivity index (χ2v) is 12.5. The summed E-state index contributed by atoms with van der Waals surface area (Å²) < 4.78 is 6.83. The van der Waals surface area contributed by atoms with Gasteiger partial charge in [0.05, 0.1) is 23.1 Å². The number of anilines is 1. The molecule has 35 heavy (non-hydrogen) atoms. The summed E-state index contributed by atoms with van der Waals surface area (Å²) in [4.78, 5) is 5.07. The lowest BCUT2D eigenvalue weighted by Gasteiger charge is -2.55. The molecule has 0 amide bonds. The number of phenolic OH excluding ortho intramolecular Hbond substituents is 2. The molecule has 2 aromatic rings. The average Bonchev–Trinajstić information content (AvgIpc) is 3.69. The number of benzene rings is 2. The predicted octanol–water partition coefficient (Wildman–Crippen LogP) is 3.32. The Morgan fingerprint density at radius 3 is 2.74 bits per heavy atom. The zero-order chi connectivity index (χ0) is 23.4. The maximum Gasteiger partial charge on any atom is 0.165 e.